The third-order valence-corrected chi connectivity index (χ3v) is 3.26. The van der Waals surface area contributed by atoms with Crippen LogP contribution >= 0.6 is 15.9 Å². The van der Waals surface area contributed by atoms with E-state index in [0.717, 1.165) is 29.8 Å². The van der Waals surface area contributed by atoms with E-state index < -0.39 is 0 Å². The van der Waals surface area contributed by atoms with Crippen molar-refractivity contribution in [3.8, 4) is 0 Å². The first-order chi connectivity index (χ1) is 6.27. The molecule has 0 radical (unpaired) electrons. The summed E-state index contributed by atoms with van der Waals surface area (Å²) in [6.45, 7) is 3.74. The Kier molecular flexibility index (Phi) is 2.65. The number of aryl methyl sites for hydroxylation is 1. The van der Waals surface area contributed by atoms with E-state index in [2.05, 4.69) is 27.0 Å². The lowest BCUT2D eigenvalue weighted by Crippen LogP contribution is -2.00. The molecule has 2 rings (SSSR count). The van der Waals surface area contributed by atoms with Crippen LogP contribution in [-0.4, -0.2) is 18.2 Å². The van der Waals surface area contributed by atoms with Crippen LogP contribution in [-0.2, 0) is 4.74 Å². The Morgan fingerprint density at radius 3 is 3.08 bits per heavy atom. The number of pyridine rings is 1. The molecule has 0 spiro atoms. The monoisotopic (exact) mass is 241 g/mol. The fourth-order valence-corrected chi connectivity index (χ4v) is 1.84. The zero-order valence-corrected chi connectivity index (χ0v) is 9.17. The van der Waals surface area contributed by atoms with Crippen LogP contribution in [0.25, 0.3) is 0 Å². The van der Waals surface area contributed by atoms with Crippen LogP contribution in [0.5, 0.6) is 0 Å². The summed E-state index contributed by atoms with van der Waals surface area (Å²) < 4.78 is 6.47. The molecule has 1 saturated heterocycles. The molecule has 1 fully saturated rings. The van der Waals surface area contributed by atoms with Gasteiger partial charge in [0, 0.05) is 28.9 Å². The van der Waals surface area contributed by atoms with Crippen LogP contribution in [0.4, 0.5) is 0 Å². The zero-order chi connectivity index (χ0) is 9.26. The Hall–Kier alpha value is -0.410. The Labute approximate surface area is 86.5 Å². The van der Waals surface area contributed by atoms with Crippen LogP contribution < -0.4 is 0 Å². The van der Waals surface area contributed by atoms with E-state index in [1.807, 2.05) is 13.1 Å². The summed E-state index contributed by atoms with van der Waals surface area (Å²) in [6, 6.07) is 2.11. The van der Waals surface area contributed by atoms with E-state index in [0.29, 0.717) is 5.92 Å². The summed E-state index contributed by atoms with van der Waals surface area (Å²) in [5.74, 6) is 0.497. The van der Waals surface area contributed by atoms with Gasteiger partial charge in [0.15, 0.2) is 0 Å². The van der Waals surface area contributed by atoms with Crippen molar-refractivity contribution in [2.24, 2.45) is 0 Å². The van der Waals surface area contributed by atoms with E-state index in [1.165, 1.54) is 5.56 Å². The molecule has 13 heavy (non-hydrogen) atoms. The number of nitrogens with zero attached hydrogens (tertiary/aromatic N) is 1. The van der Waals surface area contributed by atoms with Crippen molar-refractivity contribution < 1.29 is 4.74 Å². The van der Waals surface area contributed by atoms with Crippen molar-refractivity contribution in [1.29, 1.82) is 0 Å². The molecule has 1 unspecified atom stereocenters. The first kappa shape index (κ1) is 9.16. The molecule has 1 aromatic rings. The summed E-state index contributed by atoms with van der Waals surface area (Å²) in [7, 11) is 0. The fraction of sp³-hybridized carbons (Fsp3) is 0.500. The number of aromatic nitrogens is 1. The van der Waals surface area contributed by atoms with Crippen molar-refractivity contribution in [3.05, 3.63) is 28.0 Å². The van der Waals surface area contributed by atoms with Gasteiger partial charge in [0.2, 0.25) is 0 Å². The lowest BCUT2D eigenvalue weighted by molar-refractivity contribution is 0.193. The van der Waals surface area contributed by atoms with Crippen molar-refractivity contribution in [3.63, 3.8) is 0 Å². The molecule has 2 heterocycles. The summed E-state index contributed by atoms with van der Waals surface area (Å²) in [5, 5.41) is 0. The maximum atomic E-state index is 5.33. The van der Waals surface area contributed by atoms with Gasteiger partial charge in [0.1, 0.15) is 0 Å². The summed E-state index contributed by atoms with van der Waals surface area (Å²) in [6.07, 6.45) is 3.01. The summed E-state index contributed by atoms with van der Waals surface area (Å²) in [5.41, 5.74) is 2.33. The molecular weight excluding hydrogens is 230 g/mol. The highest BCUT2D eigenvalue weighted by molar-refractivity contribution is 9.10. The largest absolute Gasteiger partial charge is 0.381 e. The molecule has 0 bridgehead atoms. The highest BCUT2D eigenvalue weighted by Crippen LogP contribution is 2.26. The second kappa shape index (κ2) is 3.76. The van der Waals surface area contributed by atoms with E-state index in [-0.39, 0.29) is 0 Å². The minimum Gasteiger partial charge on any atom is -0.381 e. The van der Waals surface area contributed by atoms with Crippen LogP contribution in [0.3, 0.4) is 0 Å². The number of hydrogen-bond donors (Lipinski definition) is 0. The van der Waals surface area contributed by atoms with Gasteiger partial charge in [-0.2, -0.15) is 0 Å². The number of rotatable bonds is 1. The van der Waals surface area contributed by atoms with E-state index in [1.54, 1.807) is 0 Å². The topological polar surface area (TPSA) is 22.1 Å². The first-order valence-electron chi connectivity index (χ1n) is 4.47. The molecular formula is C10H12BrNO. The van der Waals surface area contributed by atoms with Gasteiger partial charge in [-0.1, -0.05) is 15.9 Å². The molecule has 0 saturated carbocycles. The van der Waals surface area contributed by atoms with E-state index in [9.17, 15) is 0 Å². The highest BCUT2D eigenvalue weighted by atomic mass is 79.9. The molecule has 1 aromatic heterocycles. The maximum absolute atomic E-state index is 5.33. The molecule has 0 aliphatic carbocycles. The lowest BCUT2D eigenvalue weighted by Gasteiger charge is -2.07. The molecule has 0 aromatic carbocycles. The van der Waals surface area contributed by atoms with Gasteiger partial charge in [-0.15, -0.1) is 0 Å². The Bertz CT molecular complexity index is 308. The molecule has 2 nitrogen and oxygen atoms in total. The van der Waals surface area contributed by atoms with Gasteiger partial charge in [0.05, 0.1) is 6.61 Å². The number of ether oxygens (including phenoxy) is 1. The van der Waals surface area contributed by atoms with Crippen molar-refractivity contribution in [2.45, 2.75) is 19.3 Å². The molecule has 0 amide bonds. The molecule has 1 aliphatic heterocycles. The predicted molar refractivity (Wildman–Crippen MR) is 54.9 cm³/mol. The SMILES string of the molecule is Cc1cnc(C2CCOC2)cc1Br. The second-order valence-electron chi connectivity index (χ2n) is 3.42. The average molecular weight is 242 g/mol. The van der Waals surface area contributed by atoms with Crippen molar-refractivity contribution in [1.82, 2.24) is 4.98 Å². The summed E-state index contributed by atoms with van der Waals surface area (Å²) >= 11 is 3.51. The third-order valence-electron chi connectivity index (χ3n) is 2.41. The van der Waals surface area contributed by atoms with E-state index in [4.69, 9.17) is 4.74 Å². The standard InChI is InChI=1S/C10H12BrNO/c1-7-5-12-10(4-9(7)11)8-2-3-13-6-8/h4-5,8H,2-3,6H2,1H3. The number of halogens is 1. The second-order valence-corrected chi connectivity index (χ2v) is 4.27. The van der Waals surface area contributed by atoms with Gasteiger partial charge < -0.3 is 4.74 Å². The Morgan fingerprint density at radius 1 is 1.62 bits per heavy atom. The lowest BCUT2D eigenvalue weighted by atomic mass is 10.0. The molecule has 0 N–H and O–H groups in total. The van der Waals surface area contributed by atoms with Gasteiger partial charge in [0.25, 0.3) is 0 Å². The third kappa shape index (κ3) is 1.92. The van der Waals surface area contributed by atoms with Gasteiger partial charge in [-0.05, 0) is 25.0 Å². The molecule has 1 atom stereocenters. The molecule has 3 heteroatoms. The van der Waals surface area contributed by atoms with Crippen LogP contribution in [0.15, 0.2) is 16.7 Å². The zero-order valence-electron chi connectivity index (χ0n) is 7.59. The van der Waals surface area contributed by atoms with Crippen molar-refractivity contribution >= 4 is 15.9 Å². The minimum absolute atomic E-state index is 0.497. The fourth-order valence-electron chi connectivity index (χ4n) is 1.51. The van der Waals surface area contributed by atoms with Gasteiger partial charge in [-0.3, -0.25) is 4.98 Å². The molecule has 70 valence electrons. The van der Waals surface area contributed by atoms with Crippen LogP contribution in [0.1, 0.15) is 23.6 Å². The van der Waals surface area contributed by atoms with E-state index >= 15 is 0 Å². The van der Waals surface area contributed by atoms with Gasteiger partial charge in [-0.25, -0.2) is 0 Å². The predicted octanol–water partition coefficient (Wildman–Crippen LogP) is 2.66. The van der Waals surface area contributed by atoms with Crippen molar-refractivity contribution in [2.75, 3.05) is 13.2 Å². The highest BCUT2D eigenvalue weighted by Gasteiger charge is 2.19. The molecule has 1 aliphatic rings. The Balaban J connectivity index is 2.25. The first-order valence-corrected chi connectivity index (χ1v) is 5.26. The quantitative estimate of drug-likeness (QED) is 0.755. The van der Waals surface area contributed by atoms with Crippen LogP contribution in [0.2, 0.25) is 0 Å². The normalized spacial score (nSPS) is 22.2. The Morgan fingerprint density at radius 2 is 2.46 bits per heavy atom. The minimum atomic E-state index is 0.497. The average Bonchev–Trinajstić information content (AvgIpc) is 2.62. The van der Waals surface area contributed by atoms with Gasteiger partial charge >= 0.3 is 0 Å². The number of hydrogen-bond acceptors (Lipinski definition) is 2. The van der Waals surface area contributed by atoms with Crippen LogP contribution in [0, 0.1) is 6.92 Å². The smallest absolute Gasteiger partial charge is 0.0550 e. The summed E-state index contributed by atoms with van der Waals surface area (Å²) in [4.78, 5) is 4.41. The maximum Gasteiger partial charge on any atom is 0.0550 e.